The number of halogens is 1. The molecule has 26 heavy (non-hydrogen) atoms. The number of rotatable bonds is 4. The summed E-state index contributed by atoms with van der Waals surface area (Å²) in [6.07, 6.45) is 1.81. The summed E-state index contributed by atoms with van der Waals surface area (Å²) < 4.78 is 1.81. The summed E-state index contributed by atoms with van der Waals surface area (Å²) in [5, 5.41) is 8.54. The topological polar surface area (TPSA) is 68.2 Å². The van der Waals surface area contributed by atoms with Crippen LogP contribution in [0.1, 0.15) is 11.1 Å². The molecule has 0 saturated heterocycles. The smallest absolute Gasteiger partial charge is 0.160 e. The number of hydrogen-bond acceptors (Lipinski definition) is 4. The quantitative estimate of drug-likeness (QED) is 0.522. The number of nitrogens with two attached hydrogens (primary N) is 1. The molecule has 0 radical (unpaired) electrons. The number of nitrogens with zero attached hydrogens (tertiary/aromatic N) is 3. The van der Waals surface area contributed by atoms with E-state index in [9.17, 15) is 0 Å². The van der Waals surface area contributed by atoms with Crippen molar-refractivity contribution in [2.24, 2.45) is 0 Å². The first-order chi connectivity index (χ1) is 12.6. The number of nitrogen functional groups attached to an aromatic ring is 1. The summed E-state index contributed by atoms with van der Waals surface area (Å²) >= 11 is 6.37. The first kappa shape index (κ1) is 16.4. The van der Waals surface area contributed by atoms with Crippen molar-refractivity contribution < 1.29 is 0 Å². The molecule has 2 aromatic heterocycles. The number of aromatic nitrogens is 3. The molecule has 2 aromatic carbocycles. The van der Waals surface area contributed by atoms with Gasteiger partial charge < -0.3 is 11.1 Å². The van der Waals surface area contributed by atoms with Crippen molar-refractivity contribution in [1.82, 2.24) is 14.6 Å². The molecule has 130 valence electrons. The molecule has 0 aliphatic carbocycles. The van der Waals surface area contributed by atoms with Crippen LogP contribution in [0.15, 0.2) is 60.8 Å². The SMILES string of the molecule is Cc1cnn2c(NCc3cccc(N)c3)cc(-c3ccccc3Cl)nc12. The van der Waals surface area contributed by atoms with E-state index in [1.54, 1.807) is 0 Å². The molecule has 0 bridgehead atoms. The minimum Gasteiger partial charge on any atom is -0.399 e. The second-order valence-electron chi connectivity index (χ2n) is 6.17. The van der Waals surface area contributed by atoms with Crippen LogP contribution in [0.5, 0.6) is 0 Å². The van der Waals surface area contributed by atoms with Gasteiger partial charge in [0.1, 0.15) is 5.82 Å². The molecule has 0 atom stereocenters. The van der Waals surface area contributed by atoms with Crippen molar-refractivity contribution >= 4 is 28.8 Å². The molecule has 3 N–H and O–H groups in total. The highest BCUT2D eigenvalue weighted by Crippen LogP contribution is 2.29. The second kappa shape index (κ2) is 6.69. The van der Waals surface area contributed by atoms with E-state index in [-0.39, 0.29) is 0 Å². The van der Waals surface area contributed by atoms with Crippen LogP contribution in [0, 0.1) is 6.92 Å². The lowest BCUT2D eigenvalue weighted by Gasteiger charge is -2.12. The molecule has 0 spiro atoms. The van der Waals surface area contributed by atoms with E-state index in [0.717, 1.165) is 39.5 Å². The van der Waals surface area contributed by atoms with Crippen molar-refractivity contribution in [3.8, 4) is 11.3 Å². The minimum absolute atomic E-state index is 0.630. The molecule has 0 fully saturated rings. The van der Waals surface area contributed by atoms with Gasteiger partial charge in [-0.15, -0.1) is 0 Å². The Morgan fingerprint density at radius 2 is 1.96 bits per heavy atom. The van der Waals surface area contributed by atoms with Gasteiger partial charge in [-0.05, 0) is 30.7 Å². The number of aryl methyl sites for hydroxylation is 1. The fourth-order valence-electron chi connectivity index (χ4n) is 2.90. The summed E-state index contributed by atoms with van der Waals surface area (Å²) in [6, 6.07) is 17.5. The van der Waals surface area contributed by atoms with Gasteiger partial charge in [-0.25, -0.2) is 4.98 Å². The second-order valence-corrected chi connectivity index (χ2v) is 6.58. The maximum Gasteiger partial charge on any atom is 0.160 e. The third-order valence-electron chi connectivity index (χ3n) is 4.22. The van der Waals surface area contributed by atoms with Crippen LogP contribution in [0.25, 0.3) is 16.9 Å². The summed E-state index contributed by atoms with van der Waals surface area (Å²) in [4.78, 5) is 4.75. The van der Waals surface area contributed by atoms with Crippen molar-refractivity contribution in [2.45, 2.75) is 13.5 Å². The Balaban J connectivity index is 1.77. The van der Waals surface area contributed by atoms with Gasteiger partial charge in [-0.2, -0.15) is 9.61 Å². The van der Waals surface area contributed by atoms with E-state index in [1.807, 2.05) is 72.2 Å². The Bertz CT molecular complexity index is 1090. The summed E-state index contributed by atoms with van der Waals surface area (Å²) in [7, 11) is 0. The van der Waals surface area contributed by atoms with Crippen LogP contribution >= 0.6 is 11.6 Å². The molecule has 0 saturated carbocycles. The van der Waals surface area contributed by atoms with E-state index in [2.05, 4.69) is 10.4 Å². The van der Waals surface area contributed by atoms with E-state index in [4.69, 9.17) is 22.3 Å². The molecule has 2 heterocycles. The molecule has 4 rings (SSSR count). The standard InChI is InChI=1S/C20H18ClN5/c1-13-11-24-26-19(23-12-14-5-4-6-15(22)9-14)10-18(25-20(13)26)16-7-2-3-8-17(16)21/h2-11,23H,12,22H2,1H3. The van der Waals surface area contributed by atoms with Crippen molar-refractivity contribution in [3.05, 3.63) is 76.9 Å². The Morgan fingerprint density at radius 1 is 1.12 bits per heavy atom. The predicted molar refractivity (Wildman–Crippen MR) is 106 cm³/mol. The molecule has 4 aromatic rings. The van der Waals surface area contributed by atoms with Gasteiger partial charge in [0.2, 0.25) is 0 Å². The highest BCUT2D eigenvalue weighted by Gasteiger charge is 2.12. The van der Waals surface area contributed by atoms with Crippen LogP contribution < -0.4 is 11.1 Å². The van der Waals surface area contributed by atoms with Crippen molar-refractivity contribution in [2.75, 3.05) is 11.1 Å². The summed E-state index contributed by atoms with van der Waals surface area (Å²) in [6.45, 7) is 2.62. The lowest BCUT2D eigenvalue weighted by atomic mass is 10.1. The zero-order valence-electron chi connectivity index (χ0n) is 14.3. The molecule has 0 aliphatic rings. The van der Waals surface area contributed by atoms with E-state index >= 15 is 0 Å². The number of fused-ring (bicyclic) bond motifs is 1. The Kier molecular flexibility index (Phi) is 4.22. The maximum atomic E-state index is 6.37. The van der Waals surface area contributed by atoms with Gasteiger partial charge in [0.15, 0.2) is 5.65 Å². The third kappa shape index (κ3) is 3.09. The molecular weight excluding hydrogens is 346 g/mol. The zero-order chi connectivity index (χ0) is 18.1. The lowest BCUT2D eigenvalue weighted by Crippen LogP contribution is -2.07. The average Bonchev–Trinajstić information content (AvgIpc) is 3.01. The van der Waals surface area contributed by atoms with Gasteiger partial charge in [-0.1, -0.05) is 41.9 Å². The molecule has 0 amide bonds. The minimum atomic E-state index is 0.630. The van der Waals surface area contributed by atoms with Crippen LogP contribution in [-0.4, -0.2) is 14.6 Å². The Labute approximate surface area is 156 Å². The fraction of sp³-hybridized carbons (Fsp3) is 0.100. The molecule has 0 aliphatic heterocycles. The van der Waals surface area contributed by atoms with Gasteiger partial charge in [0.25, 0.3) is 0 Å². The molecule has 0 unspecified atom stereocenters. The van der Waals surface area contributed by atoms with Crippen LogP contribution in [0.2, 0.25) is 5.02 Å². The molecule has 6 heteroatoms. The summed E-state index contributed by atoms with van der Waals surface area (Å²) in [5.41, 5.74) is 11.2. The first-order valence-electron chi connectivity index (χ1n) is 8.30. The third-order valence-corrected chi connectivity index (χ3v) is 4.55. The normalized spacial score (nSPS) is 11.0. The van der Waals surface area contributed by atoms with Crippen LogP contribution in [-0.2, 0) is 6.54 Å². The van der Waals surface area contributed by atoms with Gasteiger partial charge >= 0.3 is 0 Å². The molecular formula is C20H18ClN5. The maximum absolute atomic E-state index is 6.37. The Morgan fingerprint density at radius 3 is 2.77 bits per heavy atom. The zero-order valence-corrected chi connectivity index (χ0v) is 15.0. The fourth-order valence-corrected chi connectivity index (χ4v) is 3.13. The monoisotopic (exact) mass is 363 g/mol. The van der Waals surface area contributed by atoms with E-state index in [0.29, 0.717) is 11.6 Å². The van der Waals surface area contributed by atoms with E-state index in [1.165, 1.54) is 0 Å². The van der Waals surface area contributed by atoms with Crippen LogP contribution in [0.3, 0.4) is 0 Å². The predicted octanol–water partition coefficient (Wildman–Crippen LogP) is 4.55. The highest BCUT2D eigenvalue weighted by atomic mass is 35.5. The summed E-state index contributed by atoms with van der Waals surface area (Å²) in [5.74, 6) is 0.848. The highest BCUT2D eigenvalue weighted by molar-refractivity contribution is 6.33. The van der Waals surface area contributed by atoms with Crippen LogP contribution in [0.4, 0.5) is 11.5 Å². The van der Waals surface area contributed by atoms with Crippen molar-refractivity contribution in [1.29, 1.82) is 0 Å². The number of benzene rings is 2. The number of hydrogen-bond donors (Lipinski definition) is 2. The largest absolute Gasteiger partial charge is 0.399 e. The van der Waals surface area contributed by atoms with Gasteiger partial charge in [-0.3, -0.25) is 0 Å². The Hall–Kier alpha value is -3.05. The number of nitrogens with one attached hydrogen (secondary N) is 1. The number of anilines is 2. The van der Waals surface area contributed by atoms with E-state index < -0.39 is 0 Å². The van der Waals surface area contributed by atoms with Gasteiger partial charge in [0.05, 0.1) is 11.9 Å². The average molecular weight is 364 g/mol. The first-order valence-corrected chi connectivity index (χ1v) is 8.68. The van der Waals surface area contributed by atoms with Gasteiger partial charge in [0, 0.05) is 34.4 Å². The lowest BCUT2D eigenvalue weighted by molar-refractivity contribution is 0.927. The molecule has 5 nitrogen and oxygen atoms in total. The van der Waals surface area contributed by atoms with Crippen molar-refractivity contribution in [3.63, 3.8) is 0 Å².